The number of nitrogens with one attached hydrogen (secondary N) is 2. The third-order valence-corrected chi connectivity index (χ3v) is 4.72. The summed E-state index contributed by atoms with van der Waals surface area (Å²) in [6.45, 7) is 6.01. The van der Waals surface area contributed by atoms with Crippen molar-refractivity contribution in [2.45, 2.75) is 64.3 Å². The summed E-state index contributed by atoms with van der Waals surface area (Å²) in [7, 11) is 0. The van der Waals surface area contributed by atoms with Gasteiger partial charge in [0.15, 0.2) is 0 Å². The van der Waals surface area contributed by atoms with Gasteiger partial charge < -0.3 is 10.6 Å². The lowest BCUT2D eigenvalue weighted by Gasteiger charge is -2.41. The van der Waals surface area contributed by atoms with Gasteiger partial charge in [0.25, 0.3) is 0 Å². The van der Waals surface area contributed by atoms with Gasteiger partial charge in [0.1, 0.15) is 0 Å². The zero-order valence-corrected chi connectivity index (χ0v) is 10.9. The normalized spacial score (nSPS) is 29.4. The Morgan fingerprint density at radius 3 is 2.75 bits per heavy atom. The zero-order valence-electron chi connectivity index (χ0n) is 10.9. The Morgan fingerprint density at radius 2 is 2.06 bits per heavy atom. The van der Waals surface area contributed by atoms with Gasteiger partial charge in [-0.2, -0.15) is 0 Å². The van der Waals surface area contributed by atoms with Crippen LogP contribution in [-0.4, -0.2) is 25.7 Å². The predicted octanol–water partition coefficient (Wildman–Crippen LogP) is 2.69. The van der Waals surface area contributed by atoms with Crippen LogP contribution in [-0.2, 0) is 0 Å². The third-order valence-electron chi connectivity index (χ3n) is 4.72. The fourth-order valence-electron chi connectivity index (χ4n) is 3.12. The minimum atomic E-state index is 0.671. The second-order valence-corrected chi connectivity index (χ2v) is 5.84. The molecule has 2 nitrogen and oxygen atoms in total. The lowest BCUT2D eigenvalue weighted by Crippen LogP contribution is -2.44. The maximum Gasteiger partial charge on any atom is 0.0192 e. The van der Waals surface area contributed by atoms with Crippen LogP contribution in [0.4, 0.5) is 0 Å². The summed E-state index contributed by atoms with van der Waals surface area (Å²) in [4.78, 5) is 0. The van der Waals surface area contributed by atoms with Crippen LogP contribution >= 0.6 is 0 Å². The van der Waals surface area contributed by atoms with Crippen molar-refractivity contribution >= 4 is 0 Å². The Balaban J connectivity index is 1.62. The van der Waals surface area contributed by atoms with Gasteiger partial charge >= 0.3 is 0 Å². The van der Waals surface area contributed by atoms with Crippen molar-refractivity contribution in [3.63, 3.8) is 0 Å². The van der Waals surface area contributed by atoms with Crippen LogP contribution in [0.25, 0.3) is 0 Å². The molecule has 0 radical (unpaired) electrons. The van der Waals surface area contributed by atoms with Crippen LogP contribution in [0.15, 0.2) is 0 Å². The summed E-state index contributed by atoms with van der Waals surface area (Å²) in [5.41, 5.74) is 0.671. The summed E-state index contributed by atoms with van der Waals surface area (Å²) in [6.07, 6.45) is 11.3. The first-order valence-corrected chi connectivity index (χ1v) is 7.29. The van der Waals surface area contributed by atoms with Crippen LogP contribution in [0, 0.1) is 5.41 Å². The minimum absolute atomic E-state index is 0.671. The summed E-state index contributed by atoms with van der Waals surface area (Å²) < 4.78 is 0. The molecule has 0 aromatic heterocycles. The zero-order chi connectivity index (χ0) is 11.3. The Kier molecular flexibility index (Phi) is 4.66. The van der Waals surface area contributed by atoms with Crippen molar-refractivity contribution in [2.24, 2.45) is 5.41 Å². The molecule has 16 heavy (non-hydrogen) atoms. The van der Waals surface area contributed by atoms with E-state index < -0.39 is 0 Å². The van der Waals surface area contributed by atoms with Crippen molar-refractivity contribution < 1.29 is 0 Å². The monoisotopic (exact) mass is 224 g/mol. The number of hydrogen-bond donors (Lipinski definition) is 2. The van der Waals surface area contributed by atoms with E-state index >= 15 is 0 Å². The third kappa shape index (κ3) is 3.21. The maximum absolute atomic E-state index is 3.71. The molecule has 0 amide bonds. The molecule has 0 spiro atoms. The highest BCUT2D eigenvalue weighted by Gasteiger charge is 2.34. The van der Waals surface area contributed by atoms with E-state index in [-0.39, 0.29) is 0 Å². The van der Waals surface area contributed by atoms with Crippen LogP contribution in [0.1, 0.15) is 58.3 Å². The van der Waals surface area contributed by atoms with Gasteiger partial charge in [0.05, 0.1) is 0 Å². The van der Waals surface area contributed by atoms with Crippen molar-refractivity contribution in [2.75, 3.05) is 19.6 Å². The highest BCUT2D eigenvalue weighted by Crippen LogP contribution is 2.42. The molecule has 2 fully saturated rings. The highest BCUT2D eigenvalue weighted by molar-refractivity contribution is 4.89. The van der Waals surface area contributed by atoms with Crippen molar-refractivity contribution in [1.82, 2.24) is 10.6 Å². The molecule has 2 rings (SSSR count). The van der Waals surface area contributed by atoms with E-state index in [4.69, 9.17) is 0 Å². The molecule has 1 atom stereocenters. The molecule has 1 saturated heterocycles. The molecule has 0 aromatic rings. The average Bonchev–Trinajstić information content (AvgIpc) is 2.50. The largest absolute Gasteiger partial charge is 0.315 e. The van der Waals surface area contributed by atoms with Crippen LogP contribution in [0.2, 0.25) is 0 Å². The Morgan fingerprint density at radius 1 is 1.19 bits per heavy atom. The topological polar surface area (TPSA) is 24.1 Å². The maximum atomic E-state index is 3.71. The summed E-state index contributed by atoms with van der Waals surface area (Å²) >= 11 is 0. The minimum Gasteiger partial charge on any atom is -0.315 e. The molecule has 1 aliphatic carbocycles. The van der Waals surface area contributed by atoms with Gasteiger partial charge in [-0.3, -0.25) is 0 Å². The number of rotatable bonds is 5. The van der Waals surface area contributed by atoms with E-state index in [1.807, 2.05) is 0 Å². The molecular formula is C14H28N2. The smallest absolute Gasteiger partial charge is 0.0192 e. The fourth-order valence-corrected chi connectivity index (χ4v) is 3.12. The van der Waals surface area contributed by atoms with E-state index in [9.17, 15) is 0 Å². The molecule has 2 N–H and O–H groups in total. The lowest BCUT2D eigenvalue weighted by atomic mass is 9.67. The first kappa shape index (κ1) is 12.4. The molecule has 1 unspecified atom stereocenters. The molecule has 1 aliphatic heterocycles. The average molecular weight is 224 g/mol. The lowest BCUT2D eigenvalue weighted by molar-refractivity contribution is 0.123. The quantitative estimate of drug-likeness (QED) is 0.750. The molecule has 1 heterocycles. The van der Waals surface area contributed by atoms with Crippen molar-refractivity contribution in [3.8, 4) is 0 Å². The molecule has 2 aliphatic rings. The van der Waals surface area contributed by atoms with E-state index in [0.29, 0.717) is 5.41 Å². The molecule has 0 aromatic carbocycles. The first-order valence-electron chi connectivity index (χ1n) is 7.29. The summed E-state index contributed by atoms with van der Waals surface area (Å²) in [6, 6.07) is 0.733. The highest BCUT2D eigenvalue weighted by atomic mass is 15.0. The molecule has 94 valence electrons. The van der Waals surface area contributed by atoms with Gasteiger partial charge in [-0.15, -0.1) is 0 Å². The number of hydrogen-bond acceptors (Lipinski definition) is 2. The molecular weight excluding hydrogens is 196 g/mol. The molecule has 0 bridgehead atoms. The summed E-state index contributed by atoms with van der Waals surface area (Å²) in [5.74, 6) is 0. The first-order chi connectivity index (χ1) is 7.85. The van der Waals surface area contributed by atoms with Crippen molar-refractivity contribution in [3.05, 3.63) is 0 Å². The summed E-state index contributed by atoms with van der Waals surface area (Å²) in [5, 5.41) is 7.37. The van der Waals surface area contributed by atoms with Gasteiger partial charge in [0, 0.05) is 19.1 Å². The van der Waals surface area contributed by atoms with Gasteiger partial charge in [-0.1, -0.05) is 26.2 Å². The SMILES string of the molecule is CCC1(CNCC2CCCCCN2)CCC1. The van der Waals surface area contributed by atoms with E-state index in [1.54, 1.807) is 0 Å². The second-order valence-electron chi connectivity index (χ2n) is 5.84. The van der Waals surface area contributed by atoms with E-state index in [0.717, 1.165) is 6.04 Å². The van der Waals surface area contributed by atoms with Gasteiger partial charge in [0.2, 0.25) is 0 Å². The predicted molar refractivity (Wildman–Crippen MR) is 69.7 cm³/mol. The van der Waals surface area contributed by atoms with Crippen LogP contribution in [0.3, 0.4) is 0 Å². The fraction of sp³-hybridized carbons (Fsp3) is 1.00. The Bertz CT molecular complexity index is 185. The van der Waals surface area contributed by atoms with Gasteiger partial charge in [-0.05, 0) is 44.1 Å². The van der Waals surface area contributed by atoms with Crippen LogP contribution in [0.5, 0.6) is 0 Å². The van der Waals surface area contributed by atoms with E-state index in [1.165, 1.54) is 71.0 Å². The van der Waals surface area contributed by atoms with Crippen molar-refractivity contribution in [1.29, 1.82) is 0 Å². The standard InChI is InChI=1S/C14H28N2/c1-2-14(8-6-9-14)12-15-11-13-7-4-3-5-10-16-13/h13,15-16H,2-12H2,1H3. The Labute approximate surface area is 101 Å². The molecule has 2 heteroatoms. The second kappa shape index (κ2) is 6.02. The Hall–Kier alpha value is -0.0800. The van der Waals surface area contributed by atoms with E-state index in [2.05, 4.69) is 17.6 Å². The van der Waals surface area contributed by atoms with Crippen LogP contribution < -0.4 is 10.6 Å². The molecule has 1 saturated carbocycles. The van der Waals surface area contributed by atoms with Gasteiger partial charge in [-0.25, -0.2) is 0 Å².